The molecule has 0 spiro atoms. The van der Waals surface area contributed by atoms with Crippen LogP contribution in [0.1, 0.15) is 63.2 Å². The van der Waals surface area contributed by atoms with Gasteiger partial charge in [-0.25, -0.2) is 29.9 Å². The van der Waals surface area contributed by atoms with Gasteiger partial charge in [-0.3, -0.25) is 28.0 Å². The van der Waals surface area contributed by atoms with Gasteiger partial charge >= 0.3 is 0 Å². The van der Waals surface area contributed by atoms with Crippen LogP contribution in [0.5, 0.6) is 0 Å². The second kappa shape index (κ2) is 19.5. The lowest BCUT2D eigenvalue weighted by Crippen LogP contribution is -2.38. The number of hydrogen-bond acceptors (Lipinski definition) is 12. The Hall–Kier alpha value is -9.24. The molecule has 1 aliphatic rings. The first kappa shape index (κ1) is 44.0. The fourth-order valence-corrected chi connectivity index (χ4v) is 8.17. The second-order valence-corrected chi connectivity index (χ2v) is 15.8. The molecule has 0 radical (unpaired) electrons. The molecular weight excluding hydrogens is 861 g/mol. The molecule has 0 aliphatic carbocycles. The maximum absolute atomic E-state index is 14.0. The fraction of sp³-hybridized carbons (Fsp3) is 0.160. The van der Waals surface area contributed by atoms with Gasteiger partial charge in [0.25, 0.3) is 17.7 Å². The van der Waals surface area contributed by atoms with Gasteiger partial charge < -0.3 is 31.9 Å². The maximum Gasteiger partial charge on any atom is 0.299 e. The topological polar surface area (TPSA) is 232 Å². The number of nitrogen functional groups attached to an aromatic ring is 1. The summed E-state index contributed by atoms with van der Waals surface area (Å²) in [5, 5.41) is 11.7. The van der Waals surface area contributed by atoms with E-state index in [1.807, 2.05) is 21.8 Å². The Balaban J connectivity index is 0.957. The molecule has 1 atom stereocenters. The Kier molecular flexibility index (Phi) is 12.6. The van der Waals surface area contributed by atoms with Crippen molar-refractivity contribution in [1.82, 2.24) is 48.9 Å². The molecule has 0 saturated carbocycles. The van der Waals surface area contributed by atoms with Crippen molar-refractivity contribution in [1.29, 1.82) is 0 Å². The van der Waals surface area contributed by atoms with Gasteiger partial charge in [-0.15, -0.1) is 0 Å². The number of nitrogens with zero attached hydrogens (tertiary/aromatic N) is 9. The standard InChI is InChI=1S/C50H44N14O4/c1-3-40(65)57-30-39-60-42(32-15-17-33(18-16-32)49(67)58-37-12-4-7-21-52-37)45-47(56-25-27-63(39)45)55-23-10-14-41(66)62-26-9-6-11-36(62)48-61-43(44-46(51)54-24-28-64(44)48)35-20-19-34(29-31(35)2)50(68)59-38-13-5-8-22-53-38/h3-5,7-8,12-13,15-22,24-25,27-29,36H,1,6,9,11,23,26,30H2,2H3,(H2,51,54)(H,55,56)(H,57,65)(H,52,58,67)(H,53,59,68)/t36-/m0/s1. The molecule has 6 aromatic heterocycles. The van der Waals surface area contributed by atoms with Gasteiger partial charge in [0.1, 0.15) is 51.5 Å². The first-order valence-corrected chi connectivity index (χ1v) is 21.7. The number of carbonyl (C=O) groups excluding carboxylic acids is 4. The van der Waals surface area contributed by atoms with Crippen LogP contribution in [0.3, 0.4) is 0 Å². The van der Waals surface area contributed by atoms with E-state index in [4.69, 9.17) is 15.7 Å². The van der Waals surface area contributed by atoms with E-state index in [-0.39, 0.29) is 42.5 Å². The van der Waals surface area contributed by atoms with Crippen molar-refractivity contribution in [3.8, 4) is 34.4 Å². The highest BCUT2D eigenvalue weighted by molar-refractivity contribution is 6.05. The third-order valence-electron chi connectivity index (χ3n) is 11.4. The van der Waals surface area contributed by atoms with Crippen LogP contribution in [0.15, 0.2) is 129 Å². The van der Waals surface area contributed by atoms with Crippen LogP contribution < -0.4 is 27.0 Å². The number of carbonyl (C=O) groups is 4. The Morgan fingerprint density at radius 3 is 2.21 bits per heavy atom. The van der Waals surface area contributed by atoms with E-state index in [1.165, 1.54) is 6.08 Å². The molecule has 0 unspecified atom stereocenters. The normalized spacial score (nSPS) is 13.3. The highest BCUT2D eigenvalue weighted by atomic mass is 16.2. The quantitative estimate of drug-likeness (QED) is 0.0676. The summed E-state index contributed by atoms with van der Waals surface area (Å²) in [6, 6.07) is 22.4. The average molecular weight is 905 g/mol. The Morgan fingerprint density at radius 2 is 1.50 bits per heavy atom. The number of aryl methyl sites for hydroxylation is 1. The van der Waals surface area contributed by atoms with E-state index in [0.717, 1.165) is 24.0 Å². The number of benzene rings is 2. The van der Waals surface area contributed by atoms with E-state index in [9.17, 15) is 19.2 Å². The molecule has 18 nitrogen and oxygen atoms in total. The van der Waals surface area contributed by atoms with Gasteiger partial charge in [0.05, 0.1) is 19.1 Å². The summed E-state index contributed by atoms with van der Waals surface area (Å²) in [6.45, 7) is 6.08. The van der Waals surface area contributed by atoms with Crippen molar-refractivity contribution in [2.75, 3.05) is 34.8 Å². The van der Waals surface area contributed by atoms with Crippen molar-refractivity contribution in [2.24, 2.45) is 0 Å². The van der Waals surface area contributed by atoms with Crippen molar-refractivity contribution >= 4 is 57.9 Å². The molecule has 338 valence electrons. The molecule has 4 amide bonds. The van der Waals surface area contributed by atoms with E-state index in [1.54, 1.807) is 115 Å². The fourth-order valence-electron chi connectivity index (χ4n) is 8.17. The van der Waals surface area contributed by atoms with E-state index in [0.29, 0.717) is 81.2 Å². The molecular formula is C50H44N14O4. The number of hydrogen-bond donors (Lipinski definition) is 5. The number of nitrogens with one attached hydrogen (secondary N) is 4. The summed E-state index contributed by atoms with van der Waals surface area (Å²) in [5.74, 6) is 7.24. The monoisotopic (exact) mass is 904 g/mol. The molecule has 1 aliphatic heterocycles. The summed E-state index contributed by atoms with van der Waals surface area (Å²) in [6.07, 6.45) is 13.4. The van der Waals surface area contributed by atoms with Crippen LogP contribution in [0.4, 0.5) is 23.3 Å². The van der Waals surface area contributed by atoms with Crippen LogP contribution >= 0.6 is 0 Å². The van der Waals surface area contributed by atoms with E-state index >= 15 is 0 Å². The molecule has 6 N–H and O–H groups in total. The first-order valence-electron chi connectivity index (χ1n) is 21.7. The summed E-state index contributed by atoms with van der Waals surface area (Å²) in [4.78, 5) is 81.4. The number of fused-ring (bicyclic) bond motifs is 2. The summed E-state index contributed by atoms with van der Waals surface area (Å²) < 4.78 is 3.70. The van der Waals surface area contributed by atoms with Gasteiger partial charge in [-0.05, 0) is 92.3 Å². The Morgan fingerprint density at radius 1 is 0.794 bits per heavy atom. The predicted octanol–water partition coefficient (Wildman–Crippen LogP) is 6.26. The molecule has 0 bridgehead atoms. The number of piperidine rings is 1. The summed E-state index contributed by atoms with van der Waals surface area (Å²) in [5.41, 5.74) is 12.0. The molecule has 68 heavy (non-hydrogen) atoms. The van der Waals surface area contributed by atoms with Crippen LogP contribution in [0, 0.1) is 18.8 Å². The SMILES string of the molecule is C=CC(=O)NCc1nc(-c2ccc(C(=O)Nc3ccccn3)cc2)c2c(NCC#CC(=O)N3CCCC[C@H]3c3nc(-c4ccc(C(=O)Nc5ccccn5)cc4C)c4c(N)nccn34)nccn12. The van der Waals surface area contributed by atoms with Crippen LogP contribution in [0.25, 0.3) is 33.5 Å². The van der Waals surface area contributed by atoms with Crippen molar-refractivity contribution in [3.63, 3.8) is 0 Å². The number of amides is 4. The maximum atomic E-state index is 14.0. The Bertz CT molecular complexity index is 3290. The lowest BCUT2D eigenvalue weighted by atomic mass is 10.0. The second-order valence-electron chi connectivity index (χ2n) is 15.8. The first-order chi connectivity index (χ1) is 33.2. The minimum absolute atomic E-state index is 0.0600. The molecule has 8 aromatic rings. The summed E-state index contributed by atoms with van der Waals surface area (Å²) in [7, 11) is 0. The average Bonchev–Trinajstić information content (AvgIpc) is 3.95. The van der Waals surface area contributed by atoms with Crippen molar-refractivity contribution in [2.45, 2.75) is 38.8 Å². The van der Waals surface area contributed by atoms with E-state index < -0.39 is 6.04 Å². The predicted molar refractivity (Wildman–Crippen MR) is 257 cm³/mol. The van der Waals surface area contributed by atoms with Crippen LogP contribution in [-0.4, -0.2) is 80.3 Å². The largest absolute Gasteiger partial charge is 0.382 e. The highest BCUT2D eigenvalue weighted by Crippen LogP contribution is 2.37. The van der Waals surface area contributed by atoms with Crippen LogP contribution in [-0.2, 0) is 16.1 Å². The lowest BCUT2D eigenvalue weighted by Gasteiger charge is -2.33. The van der Waals surface area contributed by atoms with Gasteiger partial charge in [0.2, 0.25) is 5.91 Å². The van der Waals surface area contributed by atoms with Gasteiger partial charge in [-0.2, -0.15) is 0 Å². The zero-order valence-electron chi connectivity index (χ0n) is 36.8. The number of imidazole rings is 2. The number of anilines is 4. The van der Waals surface area contributed by atoms with Gasteiger partial charge in [0.15, 0.2) is 5.82 Å². The zero-order chi connectivity index (χ0) is 47.1. The minimum atomic E-state index is -0.414. The van der Waals surface area contributed by atoms with Crippen molar-refractivity contribution in [3.05, 3.63) is 157 Å². The number of rotatable bonds is 12. The summed E-state index contributed by atoms with van der Waals surface area (Å²) >= 11 is 0. The smallest absolute Gasteiger partial charge is 0.299 e. The van der Waals surface area contributed by atoms with Crippen LogP contribution in [0.2, 0.25) is 0 Å². The number of likely N-dealkylation sites (tertiary alicyclic amines) is 1. The number of aromatic nitrogens is 8. The molecule has 18 heteroatoms. The third kappa shape index (κ3) is 9.17. The molecule has 7 heterocycles. The van der Waals surface area contributed by atoms with Crippen molar-refractivity contribution < 1.29 is 19.2 Å². The zero-order valence-corrected chi connectivity index (χ0v) is 36.8. The highest BCUT2D eigenvalue weighted by Gasteiger charge is 2.32. The van der Waals surface area contributed by atoms with Gasteiger partial charge in [-0.1, -0.05) is 42.8 Å². The third-order valence-corrected chi connectivity index (χ3v) is 11.4. The molecule has 1 fully saturated rings. The van der Waals surface area contributed by atoms with E-state index in [2.05, 4.69) is 59.6 Å². The molecule has 2 aromatic carbocycles. The lowest BCUT2D eigenvalue weighted by molar-refractivity contribution is -0.129. The molecule has 1 saturated heterocycles. The number of nitrogens with two attached hydrogens (primary N) is 1. The number of pyridine rings is 2. The van der Waals surface area contributed by atoms with Gasteiger partial charge in [0, 0.05) is 66.0 Å². The molecule has 9 rings (SSSR count). The minimum Gasteiger partial charge on any atom is -0.382 e. The Labute approximate surface area is 389 Å².